The number of hydrogen-bond donors (Lipinski definition) is 2. The molecule has 0 bridgehead atoms. The molecule has 0 unspecified atom stereocenters. The van der Waals surface area contributed by atoms with E-state index in [0.717, 1.165) is 20.9 Å². The topological polar surface area (TPSA) is 73.2 Å². The second-order valence-corrected chi connectivity index (χ2v) is 5.31. The van der Waals surface area contributed by atoms with Crippen LogP contribution in [0, 0.1) is 0 Å². The fraction of sp³-hybridized carbons (Fsp3) is 0.0714. The predicted molar refractivity (Wildman–Crippen MR) is 79.1 cm³/mol. The number of hydrogen-bond acceptors (Lipinski definition) is 3. The zero-order valence-corrected chi connectivity index (χ0v) is 12.1. The lowest BCUT2D eigenvalue weighted by Gasteiger charge is -2.05. The van der Waals surface area contributed by atoms with E-state index < -0.39 is 5.91 Å². The molecule has 3 aromatic rings. The molecular weight excluding hydrogens is 322 g/mol. The van der Waals surface area contributed by atoms with Gasteiger partial charge in [-0.05, 0) is 30.3 Å². The van der Waals surface area contributed by atoms with Crippen LogP contribution in [0.5, 0.6) is 0 Å². The van der Waals surface area contributed by atoms with Gasteiger partial charge in [0.1, 0.15) is 0 Å². The molecule has 5 nitrogen and oxygen atoms in total. The summed E-state index contributed by atoms with van der Waals surface area (Å²) in [6.45, 7) is 0.546. The molecule has 2 heterocycles. The number of furan rings is 1. The number of hydrazine groups is 1. The molecule has 2 aromatic heterocycles. The van der Waals surface area contributed by atoms with E-state index in [2.05, 4.69) is 32.0 Å². The van der Waals surface area contributed by atoms with Crippen LogP contribution in [-0.4, -0.2) is 10.5 Å². The van der Waals surface area contributed by atoms with E-state index in [0.29, 0.717) is 6.54 Å². The van der Waals surface area contributed by atoms with Crippen LogP contribution in [0.15, 0.2) is 51.7 Å². The molecule has 0 saturated carbocycles. The van der Waals surface area contributed by atoms with E-state index in [4.69, 9.17) is 10.3 Å². The summed E-state index contributed by atoms with van der Waals surface area (Å²) in [7, 11) is 0. The first-order valence-corrected chi connectivity index (χ1v) is 6.80. The molecule has 3 N–H and O–H groups in total. The van der Waals surface area contributed by atoms with Crippen LogP contribution >= 0.6 is 15.9 Å². The predicted octanol–water partition coefficient (Wildman–Crippen LogP) is 2.65. The van der Waals surface area contributed by atoms with Gasteiger partial charge in [0.15, 0.2) is 5.76 Å². The normalized spacial score (nSPS) is 10.9. The minimum Gasteiger partial charge on any atom is -0.459 e. The maximum absolute atomic E-state index is 11.6. The molecular formula is C14H12BrN3O2. The smallest absolute Gasteiger partial charge is 0.301 e. The number of nitrogens with one attached hydrogen (secondary N) is 1. The molecule has 102 valence electrons. The average Bonchev–Trinajstić information content (AvgIpc) is 3.05. The second kappa shape index (κ2) is 5.15. The van der Waals surface area contributed by atoms with E-state index in [1.165, 1.54) is 6.26 Å². The van der Waals surface area contributed by atoms with Gasteiger partial charge in [-0.1, -0.05) is 15.9 Å². The Balaban J connectivity index is 1.98. The van der Waals surface area contributed by atoms with Gasteiger partial charge >= 0.3 is 5.91 Å². The van der Waals surface area contributed by atoms with Gasteiger partial charge in [0.2, 0.25) is 0 Å². The van der Waals surface area contributed by atoms with Crippen molar-refractivity contribution in [3.05, 3.63) is 58.6 Å². The van der Waals surface area contributed by atoms with E-state index in [1.54, 1.807) is 6.07 Å². The molecule has 1 amide bonds. The summed E-state index contributed by atoms with van der Waals surface area (Å²) in [6.07, 6.45) is 3.47. The van der Waals surface area contributed by atoms with Crippen molar-refractivity contribution in [2.45, 2.75) is 6.54 Å². The summed E-state index contributed by atoms with van der Waals surface area (Å²) in [5, 5.41) is 1.13. The van der Waals surface area contributed by atoms with Gasteiger partial charge in [0.25, 0.3) is 0 Å². The number of nitrogen functional groups attached to an aromatic ring is 1. The lowest BCUT2D eigenvalue weighted by molar-refractivity contribution is 0.0924. The van der Waals surface area contributed by atoms with E-state index >= 15 is 0 Å². The molecule has 0 aliphatic heterocycles. The van der Waals surface area contributed by atoms with Gasteiger partial charge in [-0.15, -0.1) is 0 Å². The molecule has 0 aliphatic rings. The highest BCUT2D eigenvalue weighted by molar-refractivity contribution is 9.10. The largest absolute Gasteiger partial charge is 0.459 e. The van der Waals surface area contributed by atoms with Crippen molar-refractivity contribution < 1.29 is 9.21 Å². The first-order valence-electron chi connectivity index (χ1n) is 6.01. The van der Waals surface area contributed by atoms with Gasteiger partial charge in [0, 0.05) is 27.1 Å². The summed E-state index contributed by atoms with van der Waals surface area (Å²) in [6, 6.07) is 9.87. The van der Waals surface area contributed by atoms with Gasteiger partial charge in [-0.25, -0.2) is 5.84 Å². The number of benzene rings is 1. The molecule has 20 heavy (non-hydrogen) atoms. The Kier molecular flexibility index (Phi) is 3.33. The van der Waals surface area contributed by atoms with Gasteiger partial charge in [-0.2, -0.15) is 0 Å². The molecule has 0 fully saturated rings. The first-order chi connectivity index (χ1) is 9.69. The molecule has 0 radical (unpaired) electrons. The van der Waals surface area contributed by atoms with Crippen LogP contribution in [0.4, 0.5) is 0 Å². The Morgan fingerprint density at radius 2 is 2.20 bits per heavy atom. The van der Waals surface area contributed by atoms with Gasteiger partial charge < -0.3 is 8.98 Å². The van der Waals surface area contributed by atoms with Gasteiger partial charge in [0.05, 0.1) is 12.8 Å². The molecule has 0 aliphatic carbocycles. The number of nitrogens with zero attached hydrogens (tertiary/aromatic N) is 1. The van der Waals surface area contributed by atoms with E-state index in [-0.39, 0.29) is 5.76 Å². The van der Waals surface area contributed by atoms with Crippen LogP contribution in [0.25, 0.3) is 10.9 Å². The SMILES string of the molecule is NNC(=O)c1occc1Cn1ccc2cc(Br)ccc21. The molecule has 1 aromatic carbocycles. The fourth-order valence-electron chi connectivity index (χ4n) is 2.22. The lowest BCUT2D eigenvalue weighted by atomic mass is 10.2. The molecule has 0 saturated heterocycles. The summed E-state index contributed by atoms with van der Waals surface area (Å²) in [4.78, 5) is 11.6. The number of halogens is 1. The highest BCUT2D eigenvalue weighted by Gasteiger charge is 2.15. The van der Waals surface area contributed by atoms with E-state index in [1.807, 2.05) is 24.4 Å². The standard InChI is InChI=1S/C14H12BrN3O2/c15-11-1-2-12-9(7-11)3-5-18(12)8-10-4-6-20-13(10)14(19)17-16/h1-7H,8,16H2,(H,17,19). The van der Waals surface area contributed by atoms with Crippen LogP contribution in [0.3, 0.4) is 0 Å². The van der Waals surface area contributed by atoms with Crippen molar-refractivity contribution in [3.8, 4) is 0 Å². The Labute approximate surface area is 123 Å². The maximum atomic E-state index is 11.6. The van der Waals surface area contributed by atoms with Crippen molar-refractivity contribution in [1.82, 2.24) is 9.99 Å². The van der Waals surface area contributed by atoms with Crippen molar-refractivity contribution in [1.29, 1.82) is 0 Å². The summed E-state index contributed by atoms with van der Waals surface area (Å²) >= 11 is 3.45. The molecule has 0 spiro atoms. The summed E-state index contributed by atoms with van der Waals surface area (Å²) in [5.74, 6) is 4.96. The third-order valence-electron chi connectivity index (χ3n) is 3.16. The summed E-state index contributed by atoms with van der Waals surface area (Å²) < 4.78 is 8.28. The lowest BCUT2D eigenvalue weighted by Crippen LogP contribution is -2.30. The second-order valence-electron chi connectivity index (χ2n) is 4.40. The number of fused-ring (bicyclic) bond motifs is 1. The maximum Gasteiger partial charge on any atom is 0.301 e. The Bertz CT molecular complexity index is 776. The highest BCUT2D eigenvalue weighted by Crippen LogP contribution is 2.22. The number of rotatable bonds is 3. The Hall–Kier alpha value is -2.05. The van der Waals surface area contributed by atoms with Crippen molar-refractivity contribution in [3.63, 3.8) is 0 Å². The van der Waals surface area contributed by atoms with E-state index in [9.17, 15) is 4.79 Å². The third-order valence-corrected chi connectivity index (χ3v) is 3.65. The van der Waals surface area contributed by atoms with Crippen molar-refractivity contribution >= 4 is 32.7 Å². The molecule has 0 atom stereocenters. The number of aromatic nitrogens is 1. The number of carbonyl (C=O) groups excluding carboxylic acids is 1. The zero-order chi connectivity index (χ0) is 14.1. The average molecular weight is 334 g/mol. The monoisotopic (exact) mass is 333 g/mol. The highest BCUT2D eigenvalue weighted by atomic mass is 79.9. The first kappa shape index (κ1) is 13.0. The fourth-order valence-corrected chi connectivity index (χ4v) is 2.60. The van der Waals surface area contributed by atoms with Crippen LogP contribution in [0.1, 0.15) is 16.1 Å². The van der Waals surface area contributed by atoms with Gasteiger partial charge in [-0.3, -0.25) is 10.2 Å². The molecule has 6 heteroatoms. The minimum absolute atomic E-state index is 0.242. The Morgan fingerprint density at radius 1 is 1.35 bits per heavy atom. The van der Waals surface area contributed by atoms with Crippen LogP contribution in [0.2, 0.25) is 0 Å². The van der Waals surface area contributed by atoms with Crippen molar-refractivity contribution in [2.75, 3.05) is 0 Å². The zero-order valence-electron chi connectivity index (χ0n) is 10.5. The van der Waals surface area contributed by atoms with Crippen LogP contribution < -0.4 is 11.3 Å². The summed E-state index contributed by atoms with van der Waals surface area (Å²) in [5.41, 5.74) is 3.96. The number of amides is 1. The Morgan fingerprint density at radius 3 is 3.00 bits per heavy atom. The minimum atomic E-state index is -0.427. The van der Waals surface area contributed by atoms with Crippen LogP contribution in [-0.2, 0) is 6.54 Å². The number of nitrogens with two attached hydrogens (primary N) is 1. The molecule has 3 rings (SSSR count). The number of carbonyl (C=O) groups is 1. The quantitative estimate of drug-likeness (QED) is 0.439. The third kappa shape index (κ3) is 2.23. The van der Waals surface area contributed by atoms with Crippen molar-refractivity contribution in [2.24, 2.45) is 5.84 Å².